The molecule has 0 aromatic heterocycles. The van der Waals surface area contributed by atoms with Gasteiger partial charge in [0.2, 0.25) is 5.91 Å². The van der Waals surface area contributed by atoms with Crippen molar-refractivity contribution in [3.05, 3.63) is 24.3 Å². The van der Waals surface area contributed by atoms with Gasteiger partial charge in [0, 0.05) is 22.3 Å². The summed E-state index contributed by atoms with van der Waals surface area (Å²) in [4.78, 5) is 12.1. The van der Waals surface area contributed by atoms with E-state index in [9.17, 15) is 4.79 Å². The number of hydrazine groups is 1. The lowest BCUT2D eigenvalue weighted by Crippen LogP contribution is -2.35. The lowest BCUT2D eigenvalue weighted by molar-refractivity contribution is -0.123. The number of nitrogens with two attached hydrogens (primary N) is 2. The summed E-state index contributed by atoms with van der Waals surface area (Å²) in [5.74, 6) is 5.42. The number of hydrogen-bond acceptors (Lipinski definition) is 4. The fraction of sp³-hybridized carbons (Fsp3) is 0.300. The van der Waals surface area contributed by atoms with Crippen LogP contribution in [0.2, 0.25) is 0 Å². The van der Waals surface area contributed by atoms with E-state index < -0.39 is 0 Å². The van der Waals surface area contributed by atoms with Gasteiger partial charge in [0.1, 0.15) is 0 Å². The van der Waals surface area contributed by atoms with Crippen LogP contribution in [0.25, 0.3) is 0 Å². The summed E-state index contributed by atoms with van der Waals surface area (Å²) in [7, 11) is 0. The van der Waals surface area contributed by atoms with Crippen LogP contribution in [0.4, 0.5) is 5.69 Å². The van der Waals surface area contributed by atoms with Crippen molar-refractivity contribution in [1.29, 1.82) is 0 Å². The van der Waals surface area contributed by atoms with E-state index in [0.29, 0.717) is 5.75 Å². The highest BCUT2D eigenvalue weighted by atomic mass is 32.2. The summed E-state index contributed by atoms with van der Waals surface area (Å²) in [6, 6.07) is 7.59. The molecule has 1 aromatic carbocycles. The molecule has 0 saturated carbocycles. The molecule has 0 saturated heterocycles. The van der Waals surface area contributed by atoms with Crippen molar-refractivity contribution in [2.45, 2.75) is 11.8 Å². The number of rotatable bonds is 4. The topological polar surface area (TPSA) is 81.1 Å². The fourth-order valence-electron chi connectivity index (χ4n) is 1.04. The van der Waals surface area contributed by atoms with E-state index in [1.54, 1.807) is 11.8 Å². The Balaban J connectivity index is 2.50. The van der Waals surface area contributed by atoms with Gasteiger partial charge >= 0.3 is 0 Å². The monoisotopic (exact) mass is 225 g/mol. The zero-order valence-electron chi connectivity index (χ0n) is 8.57. The number of carbonyl (C=O) groups excluding carboxylic acids is 1. The zero-order valence-corrected chi connectivity index (χ0v) is 9.38. The molecule has 1 atom stereocenters. The molecule has 5 heteroatoms. The Labute approximate surface area is 93.4 Å². The lowest BCUT2D eigenvalue weighted by atomic mass is 10.2. The minimum absolute atomic E-state index is 0.125. The van der Waals surface area contributed by atoms with Gasteiger partial charge in [-0.2, -0.15) is 0 Å². The first kappa shape index (κ1) is 11.9. The van der Waals surface area contributed by atoms with Crippen LogP contribution >= 0.6 is 11.8 Å². The van der Waals surface area contributed by atoms with Crippen molar-refractivity contribution in [2.75, 3.05) is 11.5 Å². The Morgan fingerprint density at radius 2 is 2.20 bits per heavy atom. The molecule has 0 fully saturated rings. The van der Waals surface area contributed by atoms with Gasteiger partial charge in [0.05, 0.1) is 0 Å². The van der Waals surface area contributed by atoms with Crippen LogP contribution in [0, 0.1) is 5.92 Å². The van der Waals surface area contributed by atoms with Crippen molar-refractivity contribution in [1.82, 2.24) is 5.43 Å². The number of benzene rings is 1. The summed E-state index contributed by atoms with van der Waals surface area (Å²) in [5.41, 5.74) is 8.64. The number of anilines is 1. The number of carbonyl (C=O) groups is 1. The third-order valence-electron chi connectivity index (χ3n) is 2.00. The molecule has 15 heavy (non-hydrogen) atoms. The molecule has 1 rings (SSSR count). The molecule has 82 valence electrons. The third kappa shape index (κ3) is 3.45. The Kier molecular flexibility index (Phi) is 4.45. The van der Waals surface area contributed by atoms with Crippen molar-refractivity contribution in [2.24, 2.45) is 11.8 Å². The summed E-state index contributed by atoms with van der Waals surface area (Å²) < 4.78 is 0. The second-order valence-corrected chi connectivity index (χ2v) is 4.32. The Bertz CT molecular complexity index is 343. The molecule has 0 radical (unpaired) electrons. The number of hydrogen-bond donors (Lipinski definition) is 3. The molecule has 1 amide bonds. The van der Waals surface area contributed by atoms with Crippen molar-refractivity contribution in [3.8, 4) is 0 Å². The van der Waals surface area contributed by atoms with Crippen LogP contribution in [0.15, 0.2) is 29.2 Å². The number of nitrogen functional groups attached to an aromatic ring is 1. The van der Waals surface area contributed by atoms with Gasteiger partial charge in [-0.05, 0) is 12.1 Å². The minimum atomic E-state index is -0.156. The molecule has 0 spiro atoms. The number of amides is 1. The van der Waals surface area contributed by atoms with Crippen LogP contribution in [0.3, 0.4) is 0 Å². The van der Waals surface area contributed by atoms with Crippen LogP contribution in [0.1, 0.15) is 6.92 Å². The maximum absolute atomic E-state index is 11.1. The van der Waals surface area contributed by atoms with E-state index in [0.717, 1.165) is 10.6 Å². The maximum Gasteiger partial charge on any atom is 0.237 e. The summed E-state index contributed by atoms with van der Waals surface area (Å²) in [6.45, 7) is 1.83. The quantitative estimate of drug-likeness (QED) is 0.235. The molecule has 0 aliphatic rings. The molecular weight excluding hydrogens is 210 g/mol. The smallest absolute Gasteiger partial charge is 0.237 e. The number of nitrogens with one attached hydrogen (secondary N) is 1. The summed E-state index contributed by atoms with van der Waals surface area (Å²) >= 11 is 1.56. The molecule has 0 aliphatic heterocycles. The molecular formula is C10H15N3OS. The highest BCUT2D eigenvalue weighted by molar-refractivity contribution is 7.99. The Hall–Kier alpha value is -1.20. The van der Waals surface area contributed by atoms with Crippen molar-refractivity contribution >= 4 is 23.4 Å². The van der Waals surface area contributed by atoms with Gasteiger partial charge in [-0.15, -0.1) is 11.8 Å². The van der Waals surface area contributed by atoms with Gasteiger partial charge < -0.3 is 5.73 Å². The predicted molar refractivity (Wildman–Crippen MR) is 63.1 cm³/mol. The van der Waals surface area contributed by atoms with E-state index in [4.69, 9.17) is 11.6 Å². The number of thioether (sulfide) groups is 1. The lowest BCUT2D eigenvalue weighted by Gasteiger charge is -2.10. The van der Waals surface area contributed by atoms with Gasteiger partial charge in [0.15, 0.2) is 0 Å². The first-order valence-corrected chi connectivity index (χ1v) is 5.61. The van der Waals surface area contributed by atoms with Crippen LogP contribution in [-0.4, -0.2) is 11.7 Å². The van der Waals surface area contributed by atoms with Gasteiger partial charge in [0.25, 0.3) is 0 Å². The molecule has 0 bridgehead atoms. The van der Waals surface area contributed by atoms with Crippen molar-refractivity contribution < 1.29 is 4.79 Å². The first-order chi connectivity index (χ1) is 7.15. The highest BCUT2D eigenvalue weighted by Gasteiger charge is 2.11. The molecule has 1 unspecified atom stereocenters. The summed E-state index contributed by atoms with van der Waals surface area (Å²) in [6.07, 6.45) is 0. The summed E-state index contributed by atoms with van der Waals surface area (Å²) in [5, 5.41) is 0. The largest absolute Gasteiger partial charge is 0.398 e. The van der Waals surface area contributed by atoms with Crippen LogP contribution in [-0.2, 0) is 4.79 Å². The van der Waals surface area contributed by atoms with Crippen LogP contribution < -0.4 is 17.0 Å². The highest BCUT2D eigenvalue weighted by Crippen LogP contribution is 2.26. The molecule has 0 heterocycles. The van der Waals surface area contributed by atoms with Crippen molar-refractivity contribution in [3.63, 3.8) is 0 Å². The van der Waals surface area contributed by atoms with Gasteiger partial charge in [-0.25, -0.2) is 5.84 Å². The standard InChI is InChI=1S/C10H15N3OS/c1-7(10(14)13-12)6-15-9-5-3-2-4-8(9)11/h2-5,7H,6,11-12H2,1H3,(H,13,14). The average molecular weight is 225 g/mol. The predicted octanol–water partition coefficient (Wildman–Crippen LogP) is 0.987. The zero-order chi connectivity index (χ0) is 11.3. The fourth-order valence-corrected chi connectivity index (χ4v) is 2.04. The normalized spacial score (nSPS) is 12.1. The Morgan fingerprint density at radius 3 is 2.80 bits per heavy atom. The Morgan fingerprint density at radius 1 is 1.53 bits per heavy atom. The minimum Gasteiger partial charge on any atom is -0.398 e. The molecule has 0 aliphatic carbocycles. The SMILES string of the molecule is CC(CSc1ccccc1N)C(=O)NN. The van der Waals surface area contributed by atoms with E-state index in [2.05, 4.69) is 5.43 Å². The second-order valence-electron chi connectivity index (χ2n) is 3.26. The van der Waals surface area contributed by atoms with E-state index in [1.165, 1.54) is 0 Å². The van der Waals surface area contributed by atoms with Crippen LogP contribution in [0.5, 0.6) is 0 Å². The molecule has 5 N–H and O–H groups in total. The maximum atomic E-state index is 11.1. The average Bonchev–Trinajstić information content (AvgIpc) is 2.26. The molecule has 4 nitrogen and oxygen atoms in total. The van der Waals surface area contributed by atoms with E-state index in [1.807, 2.05) is 31.2 Å². The van der Waals surface area contributed by atoms with E-state index >= 15 is 0 Å². The second kappa shape index (κ2) is 5.63. The third-order valence-corrected chi connectivity index (χ3v) is 3.35. The molecule has 1 aromatic rings. The first-order valence-electron chi connectivity index (χ1n) is 4.63. The number of para-hydroxylation sites is 1. The van der Waals surface area contributed by atoms with Gasteiger partial charge in [-0.1, -0.05) is 19.1 Å². The van der Waals surface area contributed by atoms with Gasteiger partial charge in [-0.3, -0.25) is 10.2 Å². The van der Waals surface area contributed by atoms with E-state index in [-0.39, 0.29) is 11.8 Å².